The van der Waals surface area contributed by atoms with Gasteiger partial charge in [-0.15, -0.1) is 0 Å². The third-order valence-corrected chi connectivity index (χ3v) is 2.50. The number of carbonyl (C=O) groups excluding carboxylic acids is 1. The summed E-state index contributed by atoms with van der Waals surface area (Å²) in [5.74, 6) is 0.213. The topological polar surface area (TPSA) is 83.0 Å². The van der Waals surface area contributed by atoms with Crippen LogP contribution in [-0.4, -0.2) is 25.0 Å². The first-order valence-corrected chi connectivity index (χ1v) is 5.54. The van der Waals surface area contributed by atoms with Crippen molar-refractivity contribution < 1.29 is 48.9 Å². The number of hydrogen-bond acceptors (Lipinski definition) is 6. The van der Waals surface area contributed by atoms with Crippen LogP contribution in [0.15, 0.2) is 23.3 Å². The normalized spacial score (nSPS) is 12.8. The minimum Gasteiger partial charge on any atom is -0.543 e. The van der Waals surface area contributed by atoms with Crippen LogP contribution >= 0.6 is 0 Å². The Hall–Kier alpha value is -1.24. The van der Waals surface area contributed by atoms with E-state index in [9.17, 15) is 9.90 Å². The molecule has 0 atom stereocenters. The first-order chi connectivity index (χ1) is 8.66. The molecule has 0 saturated heterocycles. The van der Waals surface area contributed by atoms with E-state index < -0.39 is 5.97 Å². The van der Waals surface area contributed by atoms with E-state index in [1.54, 1.807) is 0 Å². The molecule has 1 aromatic rings. The minimum atomic E-state index is -1.27. The smallest absolute Gasteiger partial charge is 0.543 e. The van der Waals surface area contributed by atoms with Crippen LogP contribution in [0.1, 0.15) is 12.5 Å². The molecule has 2 rings (SSSR count). The van der Waals surface area contributed by atoms with Gasteiger partial charge in [0.2, 0.25) is 6.79 Å². The molecule has 19 heavy (non-hydrogen) atoms. The molecular weight excluding hydrogens is 259 g/mol. The predicted octanol–water partition coefficient (Wildman–Crippen LogP) is -3.32. The molecule has 0 aliphatic carbocycles. The Morgan fingerprint density at radius 1 is 1.42 bits per heavy atom. The molecule has 0 saturated carbocycles. The van der Waals surface area contributed by atoms with Crippen molar-refractivity contribution in [3.05, 3.63) is 23.8 Å². The summed E-state index contributed by atoms with van der Waals surface area (Å²) in [5.41, 5.74) is 3.67. The largest absolute Gasteiger partial charge is 1.00 e. The van der Waals surface area contributed by atoms with Crippen molar-refractivity contribution in [2.24, 2.45) is 5.10 Å². The van der Waals surface area contributed by atoms with Gasteiger partial charge in [0.15, 0.2) is 11.5 Å². The Labute approximate surface area is 133 Å². The van der Waals surface area contributed by atoms with Crippen molar-refractivity contribution in [3.8, 4) is 11.5 Å². The zero-order chi connectivity index (χ0) is 13.0. The van der Waals surface area contributed by atoms with Gasteiger partial charge in [-0.1, -0.05) is 6.07 Å². The predicted molar refractivity (Wildman–Crippen MR) is 62.4 cm³/mol. The van der Waals surface area contributed by atoms with Crippen molar-refractivity contribution >= 4 is 11.7 Å². The van der Waals surface area contributed by atoms with Crippen molar-refractivity contribution in [2.45, 2.75) is 13.3 Å². The number of aliphatic carboxylic acids is 1. The fourth-order valence-electron chi connectivity index (χ4n) is 1.52. The summed E-state index contributed by atoms with van der Waals surface area (Å²) in [7, 11) is 0. The van der Waals surface area contributed by atoms with Gasteiger partial charge in [-0.3, -0.25) is 0 Å². The summed E-state index contributed by atoms with van der Waals surface area (Å²) in [6.07, 6.45) is 0.709. The van der Waals surface area contributed by atoms with E-state index in [2.05, 4.69) is 10.5 Å². The summed E-state index contributed by atoms with van der Waals surface area (Å²) in [6.45, 7) is 2.17. The first kappa shape index (κ1) is 15.8. The van der Waals surface area contributed by atoms with Crippen LogP contribution in [0.4, 0.5) is 0 Å². The molecular formula is C12H13N2NaO4. The third kappa shape index (κ3) is 4.41. The molecule has 0 spiro atoms. The van der Waals surface area contributed by atoms with Gasteiger partial charge in [0.05, 0.1) is 11.7 Å². The zero-order valence-electron chi connectivity index (χ0n) is 10.9. The Morgan fingerprint density at radius 2 is 2.16 bits per heavy atom. The van der Waals surface area contributed by atoms with Gasteiger partial charge in [0.1, 0.15) is 0 Å². The van der Waals surface area contributed by atoms with E-state index in [1.807, 2.05) is 18.2 Å². The number of carboxylic acid groups (broad SMARTS) is 1. The SMILES string of the molecule is CC(=NNCCc1ccc2c(c1)OCO2)C(=O)[O-].[Na+]. The maximum atomic E-state index is 10.4. The maximum Gasteiger partial charge on any atom is 1.00 e. The number of rotatable bonds is 5. The monoisotopic (exact) mass is 272 g/mol. The van der Waals surface area contributed by atoms with Gasteiger partial charge in [-0.25, -0.2) is 0 Å². The Morgan fingerprint density at radius 3 is 2.89 bits per heavy atom. The molecule has 0 unspecified atom stereocenters. The maximum absolute atomic E-state index is 10.4. The second-order valence-electron chi connectivity index (χ2n) is 3.83. The van der Waals surface area contributed by atoms with Crippen molar-refractivity contribution in [1.82, 2.24) is 5.43 Å². The van der Waals surface area contributed by atoms with Gasteiger partial charge >= 0.3 is 29.6 Å². The number of fused-ring (bicyclic) bond motifs is 1. The van der Waals surface area contributed by atoms with Crippen LogP contribution in [0.25, 0.3) is 0 Å². The molecule has 6 nitrogen and oxygen atoms in total. The average molecular weight is 272 g/mol. The van der Waals surface area contributed by atoms with Crippen molar-refractivity contribution in [1.29, 1.82) is 0 Å². The molecule has 0 bridgehead atoms. The quantitative estimate of drug-likeness (QED) is 0.262. The molecule has 1 aliphatic heterocycles. The minimum absolute atomic E-state index is 0. The van der Waals surface area contributed by atoms with Crippen molar-refractivity contribution in [3.63, 3.8) is 0 Å². The van der Waals surface area contributed by atoms with Gasteiger partial charge in [0, 0.05) is 6.54 Å². The standard InChI is InChI=1S/C12H14N2O4.Na/c1-8(12(15)16)14-13-5-4-9-2-3-10-11(6-9)18-7-17-10;/h2-3,6,13H,4-5,7H2,1H3,(H,15,16);/q;+1/p-1. The Balaban J connectivity index is 0.00000180. The van der Waals surface area contributed by atoms with Gasteiger partial charge in [-0.2, -0.15) is 5.10 Å². The molecule has 1 aliphatic rings. The van der Waals surface area contributed by atoms with Crippen LogP contribution in [0.5, 0.6) is 11.5 Å². The Kier molecular flexibility index (Phi) is 6.14. The molecule has 1 heterocycles. The number of carbonyl (C=O) groups is 1. The molecule has 0 fully saturated rings. The van der Waals surface area contributed by atoms with Crippen LogP contribution in [0.2, 0.25) is 0 Å². The van der Waals surface area contributed by atoms with E-state index in [-0.39, 0.29) is 42.1 Å². The van der Waals surface area contributed by atoms with E-state index in [0.29, 0.717) is 13.0 Å². The average Bonchev–Trinajstić information content (AvgIpc) is 2.81. The number of nitrogens with one attached hydrogen (secondary N) is 1. The number of benzene rings is 1. The van der Waals surface area contributed by atoms with Crippen LogP contribution in [-0.2, 0) is 11.2 Å². The fourth-order valence-corrected chi connectivity index (χ4v) is 1.52. The molecule has 96 valence electrons. The molecule has 0 aromatic heterocycles. The molecule has 0 radical (unpaired) electrons. The van der Waals surface area contributed by atoms with Crippen LogP contribution in [0.3, 0.4) is 0 Å². The van der Waals surface area contributed by atoms with E-state index in [1.165, 1.54) is 6.92 Å². The van der Waals surface area contributed by atoms with E-state index in [4.69, 9.17) is 9.47 Å². The molecule has 1 N–H and O–H groups in total. The summed E-state index contributed by atoms with van der Waals surface area (Å²) in [4.78, 5) is 10.4. The van der Waals surface area contributed by atoms with Crippen LogP contribution in [0, 0.1) is 0 Å². The molecule has 7 heteroatoms. The number of nitrogens with zero attached hydrogens (tertiary/aromatic N) is 1. The van der Waals surface area contributed by atoms with E-state index >= 15 is 0 Å². The number of carboxylic acids is 1. The summed E-state index contributed by atoms with van der Waals surface area (Å²) >= 11 is 0. The second kappa shape index (κ2) is 7.37. The third-order valence-electron chi connectivity index (χ3n) is 2.50. The first-order valence-electron chi connectivity index (χ1n) is 5.54. The molecule has 0 amide bonds. The van der Waals surface area contributed by atoms with E-state index in [0.717, 1.165) is 17.1 Å². The van der Waals surface area contributed by atoms with Gasteiger partial charge < -0.3 is 24.8 Å². The second-order valence-corrected chi connectivity index (χ2v) is 3.83. The van der Waals surface area contributed by atoms with Gasteiger partial charge in [0.25, 0.3) is 0 Å². The van der Waals surface area contributed by atoms with Gasteiger partial charge in [-0.05, 0) is 31.0 Å². The fraction of sp³-hybridized carbons (Fsp3) is 0.333. The Bertz CT molecular complexity index is 491. The summed E-state index contributed by atoms with van der Waals surface area (Å²) in [6, 6.07) is 5.69. The summed E-state index contributed by atoms with van der Waals surface area (Å²) < 4.78 is 10.5. The number of ether oxygens (including phenoxy) is 2. The zero-order valence-corrected chi connectivity index (χ0v) is 12.9. The number of hydrogen-bond donors (Lipinski definition) is 1. The molecule has 1 aromatic carbocycles. The van der Waals surface area contributed by atoms with Crippen LogP contribution < -0.4 is 49.6 Å². The van der Waals surface area contributed by atoms with Crippen molar-refractivity contribution in [2.75, 3.05) is 13.3 Å². The number of hydrazone groups is 1. The summed E-state index contributed by atoms with van der Waals surface area (Å²) in [5, 5.41) is 14.0.